The number of halogens is 1. The number of anilines is 1. The average molecular weight is 468 g/mol. The summed E-state index contributed by atoms with van der Waals surface area (Å²) in [4.78, 5) is 31.5. The summed E-state index contributed by atoms with van der Waals surface area (Å²) in [6, 6.07) is 24.4. The van der Waals surface area contributed by atoms with Crippen molar-refractivity contribution in [2.45, 2.75) is 11.7 Å². The molecule has 4 aromatic rings. The molecule has 1 aromatic heterocycles. The van der Waals surface area contributed by atoms with E-state index in [-0.39, 0.29) is 17.3 Å². The number of carbonyl (C=O) groups excluding carboxylic acids is 2. The van der Waals surface area contributed by atoms with Crippen LogP contribution in [0.4, 0.5) is 10.1 Å². The fourth-order valence-corrected chi connectivity index (χ4v) is 5.34. The SMILES string of the molecule is N#CC(C(=O)c1c[nH]c2ccccc12)=C1SC(Cc2ccc(F)cc2)C(=O)N1c1ccccc1. The number of rotatable bonds is 5. The van der Waals surface area contributed by atoms with E-state index in [4.69, 9.17) is 0 Å². The van der Waals surface area contributed by atoms with Gasteiger partial charge in [-0.05, 0) is 42.3 Å². The van der Waals surface area contributed by atoms with Crippen LogP contribution in [0.15, 0.2) is 95.7 Å². The maximum absolute atomic E-state index is 13.5. The lowest BCUT2D eigenvalue weighted by Gasteiger charge is -2.18. The number of amides is 1. The predicted octanol–water partition coefficient (Wildman–Crippen LogP) is 5.62. The van der Waals surface area contributed by atoms with Crippen LogP contribution in [0.2, 0.25) is 0 Å². The molecular formula is C27H18FN3O2S. The lowest BCUT2D eigenvalue weighted by molar-refractivity contribution is -0.117. The summed E-state index contributed by atoms with van der Waals surface area (Å²) in [6.07, 6.45) is 1.94. The molecule has 1 atom stereocenters. The third-order valence-corrected chi connectivity index (χ3v) is 6.95. The molecule has 1 N–H and O–H groups in total. The van der Waals surface area contributed by atoms with Crippen molar-refractivity contribution in [3.05, 3.63) is 113 Å². The van der Waals surface area contributed by atoms with Gasteiger partial charge in [0.05, 0.1) is 5.25 Å². The average Bonchev–Trinajstić information content (AvgIpc) is 3.43. The second-order valence-corrected chi connectivity index (χ2v) is 9.01. The molecule has 34 heavy (non-hydrogen) atoms. The molecule has 1 amide bonds. The van der Waals surface area contributed by atoms with Gasteiger partial charge in [0, 0.05) is 28.4 Å². The molecule has 1 saturated heterocycles. The van der Waals surface area contributed by atoms with Gasteiger partial charge in [0.25, 0.3) is 0 Å². The first-order valence-electron chi connectivity index (χ1n) is 10.6. The Balaban J connectivity index is 1.59. The summed E-state index contributed by atoms with van der Waals surface area (Å²) < 4.78 is 13.3. The van der Waals surface area contributed by atoms with E-state index in [0.717, 1.165) is 11.1 Å². The van der Waals surface area contributed by atoms with Crippen molar-refractivity contribution in [1.82, 2.24) is 4.98 Å². The number of carbonyl (C=O) groups is 2. The highest BCUT2D eigenvalue weighted by Gasteiger charge is 2.41. The van der Waals surface area contributed by atoms with Crippen LogP contribution in [0.3, 0.4) is 0 Å². The number of ketones is 1. The van der Waals surface area contributed by atoms with Crippen molar-refractivity contribution in [2.24, 2.45) is 0 Å². The topological polar surface area (TPSA) is 77.0 Å². The third kappa shape index (κ3) is 3.89. The smallest absolute Gasteiger partial charge is 0.245 e. The van der Waals surface area contributed by atoms with E-state index < -0.39 is 11.0 Å². The Morgan fingerprint density at radius 1 is 1.03 bits per heavy atom. The first-order chi connectivity index (χ1) is 16.6. The molecule has 0 spiro atoms. The number of nitrogens with zero attached hydrogens (tertiary/aromatic N) is 2. The lowest BCUT2D eigenvalue weighted by Crippen LogP contribution is -2.30. The number of aromatic amines is 1. The number of aromatic nitrogens is 1. The molecule has 2 heterocycles. The standard InChI is InChI=1S/C27H18FN3O2S/c28-18-12-10-17(11-13-18)14-24-26(33)31(19-6-2-1-3-7-19)27(34-24)21(15-29)25(32)22-16-30-23-9-5-4-8-20(22)23/h1-13,16,24,30H,14H2. The molecule has 0 radical (unpaired) electrons. The number of Topliss-reactive ketones (excluding diaryl/α,β-unsaturated/α-hetero) is 1. The lowest BCUT2D eigenvalue weighted by atomic mass is 10.0. The second-order valence-electron chi connectivity index (χ2n) is 7.82. The van der Waals surface area contributed by atoms with Gasteiger partial charge in [-0.15, -0.1) is 0 Å². The van der Waals surface area contributed by atoms with Crippen LogP contribution in [-0.2, 0) is 11.2 Å². The molecule has 0 bridgehead atoms. The molecule has 7 heteroatoms. The third-order valence-electron chi connectivity index (χ3n) is 5.69. The van der Waals surface area contributed by atoms with Gasteiger partial charge in [-0.3, -0.25) is 14.5 Å². The number of fused-ring (bicyclic) bond motifs is 1. The molecule has 1 aliphatic rings. The fourth-order valence-electron chi connectivity index (χ4n) is 4.03. The van der Waals surface area contributed by atoms with Gasteiger partial charge >= 0.3 is 0 Å². The number of H-pyrrole nitrogens is 1. The molecule has 0 saturated carbocycles. The molecule has 1 unspecified atom stereocenters. The normalized spacial score (nSPS) is 17.1. The van der Waals surface area contributed by atoms with E-state index in [1.807, 2.05) is 30.3 Å². The Morgan fingerprint density at radius 2 is 1.74 bits per heavy atom. The maximum Gasteiger partial charge on any atom is 0.245 e. The molecule has 166 valence electrons. The zero-order valence-corrected chi connectivity index (χ0v) is 18.7. The van der Waals surface area contributed by atoms with Crippen LogP contribution in [0.1, 0.15) is 15.9 Å². The van der Waals surface area contributed by atoms with E-state index in [0.29, 0.717) is 28.1 Å². The largest absolute Gasteiger partial charge is 0.360 e. The highest BCUT2D eigenvalue weighted by molar-refractivity contribution is 8.05. The van der Waals surface area contributed by atoms with Gasteiger partial charge in [0.1, 0.15) is 22.5 Å². The van der Waals surface area contributed by atoms with Gasteiger partial charge < -0.3 is 4.98 Å². The molecule has 0 aliphatic carbocycles. The maximum atomic E-state index is 13.5. The highest BCUT2D eigenvalue weighted by Crippen LogP contribution is 2.42. The Kier molecular flexibility index (Phi) is 5.74. The Hall–Kier alpha value is -4.15. The number of hydrogen-bond acceptors (Lipinski definition) is 4. The molecule has 1 fully saturated rings. The molecule has 5 rings (SSSR count). The minimum absolute atomic E-state index is 0.0893. The molecule has 3 aromatic carbocycles. The number of allylic oxidation sites excluding steroid dienone is 1. The monoisotopic (exact) mass is 467 g/mol. The minimum Gasteiger partial charge on any atom is -0.360 e. The molecular weight excluding hydrogens is 449 g/mol. The number of para-hydroxylation sites is 2. The van der Waals surface area contributed by atoms with E-state index in [1.54, 1.807) is 42.6 Å². The number of thioether (sulfide) groups is 1. The van der Waals surface area contributed by atoms with Crippen LogP contribution >= 0.6 is 11.8 Å². The summed E-state index contributed by atoms with van der Waals surface area (Å²) in [6.45, 7) is 0. The van der Waals surface area contributed by atoms with Crippen molar-refractivity contribution in [3.8, 4) is 6.07 Å². The first kappa shape index (κ1) is 21.7. The Bertz CT molecular complexity index is 1470. The molecule has 5 nitrogen and oxygen atoms in total. The zero-order valence-electron chi connectivity index (χ0n) is 17.9. The Morgan fingerprint density at radius 3 is 2.47 bits per heavy atom. The Labute approximate surface area is 199 Å². The summed E-state index contributed by atoms with van der Waals surface area (Å²) in [7, 11) is 0. The fraction of sp³-hybridized carbons (Fsp3) is 0.0741. The number of hydrogen-bond donors (Lipinski definition) is 1. The van der Waals surface area contributed by atoms with Crippen LogP contribution < -0.4 is 4.90 Å². The van der Waals surface area contributed by atoms with Gasteiger partial charge in [-0.2, -0.15) is 5.26 Å². The number of benzene rings is 3. The summed E-state index contributed by atoms with van der Waals surface area (Å²) in [5.74, 6) is -1.02. The summed E-state index contributed by atoms with van der Waals surface area (Å²) in [5.41, 5.74) is 2.45. The van der Waals surface area contributed by atoms with Gasteiger partial charge in [-0.25, -0.2) is 4.39 Å². The van der Waals surface area contributed by atoms with Crippen molar-refractivity contribution < 1.29 is 14.0 Å². The summed E-state index contributed by atoms with van der Waals surface area (Å²) in [5, 5.41) is 10.5. The summed E-state index contributed by atoms with van der Waals surface area (Å²) >= 11 is 1.19. The predicted molar refractivity (Wildman–Crippen MR) is 131 cm³/mol. The molecule has 1 aliphatic heterocycles. The number of nitrogens with one attached hydrogen (secondary N) is 1. The van der Waals surface area contributed by atoms with Crippen LogP contribution in [0.25, 0.3) is 10.9 Å². The van der Waals surface area contributed by atoms with Crippen molar-refractivity contribution >= 4 is 40.0 Å². The van der Waals surface area contributed by atoms with Crippen LogP contribution in [-0.4, -0.2) is 21.9 Å². The van der Waals surface area contributed by atoms with E-state index in [1.165, 1.54) is 28.8 Å². The zero-order chi connectivity index (χ0) is 23.7. The van der Waals surface area contributed by atoms with Crippen molar-refractivity contribution in [1.29, 1.82) is 5.26 Å². The second kappa shape index (κ2) is 9.00. The van der Waals surface area contributed by atoms with E-state index in [9.17, 15) is 19.2 Å². The van der Waals surface area contributed by atoms with Crippen LogP contribution in [0, 0.1) is 17.1 Å². The van der Waals surface area contributed by atoms with Gasteiger partial charge in [0.2, 0.25) is 11.7 Å². The number of nitriles is 1. The van der Waals surface area contributed by atoms with E-state index >= 15 is 0 Å². The first-order valence-corrected chi connectivity index (χ1v) is 11.5. The van der Waals surface area contributed by atoms with Crippen LogP contribution in [0.5, 0.6) is 0 Å². The minimum atomic E-state index is -0.556. The van der Waals surface area contributed by atoms with E-state index in [2.05, 4.69) is 11.1 Å². The van der Waals surface area contributed by atoms with Gasteiger partial charge in [-0.1, -0.05) is 60.3 Å². The van der Waals surface area contributed by atoms with Crippen molar-refractivity contribution in [2.75, 3.05) is 4.90 Å². The highest BCUT2D eigenvalue weighted by atomic mass is 32.2. The van der Waals surface area contributed by atoms with Gasteiger partial charge in [0.15, 0.2) is 0 Å². The van der Waals surface area contributed by atoms with Crippen molar-refractivity contribution in [3.63, 3.8) is 0 Å². The quantitative estimate of drug-likeness (QED) is 0.235.